The molecule has 0 aliphatic rings. The van der Waals surface area contributed by atoms with Gasteiger partial charge in [0, 0.05) is 36.9 Å². The molecule has 0 radical (unpaired) electrons. The maximum absolute atomic E-state index is 5.26. The molecule has 0 saturated heterocycles. The number of hydrogen-bond acceptors (Lipinski definition) is 4. The predicted octanol–water partition coefficient (Wildman–Crippen LogP) is 13.9. The van der Waals surface area contributed by atoms with Crippen LogP contribution in [0.3, 0.4) is 0 Å². The summed E-state index contributed by atoms with van der Waals surface area (Å²) in [5, 5.41) is 2.57. The summed E-state index contributed by atoms with van der Waals surface area (Å²) in [6.45, 7) is 0. The van der Waals surface area contributed by atoms with Crippen LogP contribution in [0.5, 0.6) is 0 Å². The van der Waals surface area contributed by atoms with Crippen LogP contribution in [0.1, 0.15) is 0 Å². The molecule has 0 aliphatic carbocycles. The van der Waals surface area contributed by atoms with Gasteiger partial charge in [0.25, 0.3) is 0 Å². The van der Waals surface area contributed by atoms with Crippen molar-refractivity contribution in [3.8, 4) is 78.7 Å². The molecule has 10 aromatic rings. The van der Waals surface area contributed by atoms with Gasteiger partial charge in [-0.3, -0.25) is 0 Å². The van der Waals surface area contributed by atoms with Crippen molar-refractivity contribution in [3.63, 3.8) is 0 Å². The second-order valence-corrected chi connectivity index (χ2v) is 14.7. The summed E-state index contributed by atoms with van der Waals surface area (Å²) in [7, 11) is 0. The highest BCUT2D eigenvalue weighted by Crippen LogP contribution is 2.41. The summed E-state index contributed by atoms with van der Waals surface area (Å²) in [5.41, 5.74) is 11.8. The number of nitrogens with zero attached hydrogens (tertiary/aromatic N) is 3. The van der Waals surface area contributed by atoms with Crippen LogP contribution in [0.15, 0.2) is 200 Å². The van der Waals surface area contributed by atoms with Gasteiger partial charge in [0.1, 0.15) is 0 Å². The zero-order chi connectivity index (χ0) is 36.6. The standard InChI is InChI=1S/C51H33N3S/c1-4-15-34(16-5-1)37-21-12-23-39(29-37)49-52-50(40-24-13-22-38(30-40)44-26-14-27-46-45-25-10-11-28-47(45)55-48(44)46)54-51(53-49)43-32-41(35-17-6-2-7-18-35)31-42(33-43)36-19-8-3-9-20-36/h1-33H. The Morgan fingerprint density at radius 1 is 0.273 bits per heavy atom. The molecule has 10 rings (SSSR count). The van der Waals surface area contributed by atoms with Gasteiger partial charge in [0.05, 0.1) is 0 Å². The minimum atomic E-state index is 0.622. The van der Waals surface area contributed by atoms with Crippen molar-refractivity contribution in [1.82, 2.24) is 15.0 Å². The fourth-order valence-electron chi connectivity index (χ4n) is 7.38. The second-order valence-electron chi connectivity index (χ2n) is 13.6. The van der Waals surface area contributed by atoms with E-state index in [9.17, 15) is 0 Å². The quantitative estimate of drug-likeness (QED) is 0.165. The van der Waals surface area contributed by atoms with Crippen LogP contribution in [-0.4, -0.2) is 15.0 Å². The molecule has 2 aromatic heterocycles. The van der Waals surface area contributed by atoms with E-state index in [4.69, 9.17) is 15.0 Å². The van der Waals surface area contributed by atoms with Gasteiger partial charge in [0.15, 0.2) is 17.5 Å². The van der Waals surface area contributed by atoms with E-state index in [1.165, 1.54) is 25.7 Å². The molecule has 0 amide bonds. The van der Waals surface area contributed by atoms with Crippen molar-refractivity contribution in [2.24, 2.45) is 0 Å². The first-order valence-electron chi connectivity index (χ1n) is 18.4. The lowest BCUT2D eigenvalue weighted by molar-refractivity contribution is 1.07. The van der Waals surface area contributed by atoms with Gasteiger partial charge in [-0.1, -0.05) is 164 Å². The predicted molar refractivity (Wildman–Crippen MR) is 231 cm³/mol. The van der Waals surface area contributed by atoms with Crippen LogP contribution in [0.4, 0.5) is 0 Å². The Kier molecular flexibility index (Phi) is 8.36. The number of aromatic nitrogens is 3. The monoisotopic (exact) mass is 719 g/mol. The highest BCUT2D eigenvalue weighted by Gasteiger charge is 2.17. The Labute approximate surface area is 323 Å². The van der Waals surface area contributed by atoms with Crippen LogP contribution in [0.25, 0.3) is 98.8 Å². The van der Waals surface area contributed by atoms with Crippen molar-refractivity contribution in [3.05, 3.63) is 200 Å². The molecule has 0 unspecified atom stereocenters. The van der Waals surface area contributed by atoms with E-state index in [1.54, 1.807) is 0 Å². The molecule has 3 nitrogen and oxygen atoms in total. The highest BCUT2D eigenvalue weighted by molar-refractivity contribution is 7.26. The Morgan fingerprint density at radius 2 is 0.673 bits per heavy atom. The molecule has 0 saturated carbocycles. The number of thiophene rings is 1. The molecule has 4 heteroatoms. The third-order valence-electron chi connectivity index (χ3n) is 10.1. The fourth-order valence-corrected chi connectivity index (χ4v) is 8.62. The number of benzene rings is 8. The fraction of sp³-hybridized carbons (Fsp3) is 0. The number of hydrogen-bond donors (Lipinski definition) is 0. The van der Waals surface area contributed by atoms with Gasteiger partial charge in [-0.05, 0) is 80.9 Å². The zero-order valence-corrected chi connectivity index (χ0v) is 30.6. The smallest absolute Gasteiger partial charge is 0.164 e. The van der Waals surface area contributed by atoms with Crippen LogP contribution in [-0.2, 0) is 0 Å². The van der Waals surface area contributed by atoms with E-state index in [2.05, 4.69) is 194 Å². The van der Waals surface area contributed by atoms with Gasteiger partial charge in [0.2, 0.25) is 0 Å². The van der Waals surface area contributed by atoms with E-state index in [-0.39, 0.29) is 0 Å². The molecule has 8 aromatic carbocycles. The van der Waals surface area contributed by atoms with Crippen molar-refractivity contribution in [1.29, 1.82) is 0 Å². The lowest BCUT2D eigenvalue weighted by Gasteiger charge is -2.13. The normalized spacial score (nSPS) is 11.3. The first-order valence-corrected chi connectivity index (χ1v) is 19.2. The first kappa shape index (κ1) is 32.6. The average molecular weight is 720 g/mol. The van der Waals surface area contributed by atoms with Crippen molar-refractivity contribution in [2.45, 2.75) is 0 Å². The van der Waals surface area contributed by atoms with Gasteiger partial charge in [-0.25, -0.2) is 15.0 Å². The third kappa shape index (κ3) is 6.39. The molecule has 0 spiro atoms. The minimum Gasteiger partial charge on any atom is -0.208 e. The second kappa shape index (κ2) is 14.1. The molecular formula is C51H33N3S. The van der Waals surface area contributed by atoms with Gasteiger partial charge < -0.3 is 0 Å². The van der Waals surface area contributed by atoms with Gasteiger partial charge in [-0.15, -0.1) is 11.3 Å². The summed E-state index contributed by atoms with van der Waals surface area (Å²) in [5.74, 6) is 1.88. The molecule has 258 valence electrons. The van der Waals surface area contributed by atoms with Crippen LogP contribution >= 0.6 is 11.3 Å². The van der Waals surface area contributed by atoms with Crippen LogP contribution in [0.2, 0.25) is 0 Å². The van der Waals surface area contributed by atoms with Gasteiger partial charge in [-0.2, -0.15) is 0 Å². The van der Waals surface area contributed by atoms with Crippen molar-refractivity contribution in [2.75, 3.05) is 0 Å². The molecular weight excluding hydrogens is 687 g/mol. The minimum absolute atomic E-state index is 0.622. The largest absolute Gasteiger partial charge is 0.208 e. The lowest BCUT2D eigenvalue weighted by atomic mass is 9.95. The van der Waals surface area contributed by atoms with Crippen molar-refractivity contribution >= 4 is 31.5 Å². The van der Waals surface area contributed by atoms with E-state index in [0.717, 1.165) is 55.6 Å². The van der Waals surface area contributed by atoms with Crippen LogP contribution in [0, 0.1) is 0 Å². The molecule has 0 bridgehead atoms. The molecule has 0 N–H and O–H groups in total. The summed E-state index contributed by atoms with van der Waals surface area (Å²) < 4.78 is 2.57. The Balaban J connectivity index is 1.17. The van der Waals surface area contributed by atoms with Crippen molar-refractivity contribution < 1.29 is 0 Å². The maximum Gasteiger partial charge on any atom is 0.164 e. The molecule has 0 fully saturated rings. The number of fused-ring (bicyclic) bond motifs is 3. The van der Waals surface area contributed by atoms with Crippen LogP contribution < -0.4 is 0 Å². The molecule has 0 atom stereocenters. The summed E-state index contributed by atoms with van der Waals surface area (Å²) in [6.07, 6.45) is 0. The van der Waals surface area contributed by atoms with E-state index < -0.39 is 0 Å². The summed E-state index contributed by atoms with van der Waals surface area (Å²) in [6, 6.07) is 70.4. The number of rotatable bonds is 7. The average Bonchev–Trinajstić information content (AvgIpc) is 3.66. The first-order chi connectivity index (χ1) is 27.2. The topological polar surface area (TPSA) is 38.7 Å². The van der Waals surface area contributed by atoms with E-state index in [1.807, 2.05) is 17.4 Å². The lowest BCUT2D eigenvalue weighted by Crippen LogP contribution is -2.01. The Morgan fingerprint density at radius 3 is 1.29 bits per heavy atom. The molecule has 55 heavy (non-hydrogen) atoms. The van der Waals surface area contributed by atoms with E-state index in [0.29, 0.717) is 17.5 Å². The third-order valence-corrected chi connectivity index (χ3v) is 11.3. The Bertz CT molecular complexity index is 2910. The van der Waals surface area contributed by atoms with Gasteiger partial charge >= 0.3 is 0 Å². The molecule has 2 heterocycles. The van der Waals surface area contributed by atoms with E-state index >= 15 is 0 Å². The summed E-state index contributed by atoms with van der Waals surface area (Å²) in [4.78, 5) is 15.7. The SMILES string of the molecule is c1ccc(-c2cccc(-c3nc(-c4cc(-c5ccccc5)cc(-c5ccccc5)c4)nc(-c4cccc(-c5cccc6c5sc5ccccc56)c4)n3)c2)cc1. The summed E-state index contributed by atoms with van der Waals surface area (Å²) >= 11 is 1.84. The maximum atomic E-state index is 5.26. The highest BCUT2D eigenvalue weighted by atomic mass is 32.1. The molecule has 0 aliphatic heterocycles. The zero-order valence-electron chi connectivity index (χ0n) is 29.8. The Hall–Kier alpha value is -7.01.